The van der Waals surface area contributed by atoms with Crippen LogP contribution >= 0.6 is 0 Å². The molecule has 0 aliphatic heterocycles. The van der Waals surface area contributed by atoms with E-state index in [0.717, 1.165) is 0 Å². The standard InChI is InChI=1S/C12H24N2O2/c1-4-11(13)12(15)14(7-8-16-3)9(2)10-5-6-10/h9-11H,4-8,13H2,1-3H3/t9?,11-/m0/s1. The van der Waals surface area contributed by atoms with E-state index in [1.54, 1.807) is 7.11 Å². The van der Waals surface area contributed by atoms with Crippen LogP contribution in [0.4, 0.5) is 0 Å². The van der Waals surface area contributed by atoms with Crippen LogP contribution in [0.3, 0.4) is 0 Å². The summed E-state index contributed by atoms with van der Waals surface area (Å²) in [5.41, 5.74) is 5.82. The molecule has 0 aromatic rings. The molecular formula is C12H24N2O2. The Hall–Kier alpha value is -0.610. The van der Waals surface area contributed by atoms with Gasteiger partial charge in [0.05, 0.1) is 12.6 Å². The topological polar surface area (TPSA) is 55.6 Å². The Morgan fingerprint density at radius 3 is 2.62 bits per heavy atom. The predicted molar refractivity (Wildman–Crippen MR) is 64.0 cm³/mol. The normalized spacial score (nSPS) is 19.2. The fourth-order valence-corrected chi connectivity index (χ4v) is 1.92. The monoisotopic (exact) mass is 228 g/mol. The van der Waals surface area contributed by atoms with Gasteiger partial charge in [-0.05, 0) is 32.1 Å². The van der Waals surface area contributed by atoms with Crippen LogP contribution in [0.1, 0.15) is 33.1 Å². The van der Waals surface area contributed by atoms with Gasteiger partial charge >= 0.3 is 0 Å². The Labute approximate surface area is 98.1 Å². The third-order valence-electron chi connectivity index (χ3n) is 3.37. The fraction of sp³-hybridized carbons (Fsp3) is 0.917. The highest BCUT2D eigenvalue weighted by Gasteiger charge is 2.35. The average molecular weight is 228 g/mol. The number of ether oxygens (including phenoxy) is 1. The van der Waals surface area contributed by atoms with Crippen molar-refractivity contribution in [2.24, 2.45) is 11.7 Å². The van der Waals surface area contributed by atoms with E-state index in [-0.39, 0.29) is 11.9 Å². The Morgan fingerprint density at radius 2 is 2.19 bits per heavy atom. The Bertz CT molecular complexity index is 229. The number of carbonyl (C=O) groups is 1. The van der Waals surface area contributed by atoms with Gasteiger partial charge in [-0.15, -0.1) is 0 Å². The van der Waals surface area contributed by atoms with Crippen LogP contribution in [-0.2, 0) is 9.53 Å². The molecule has 1 rings (SSSR count). The summed E-state index contributed by atoms with van der Waals surface area (Å²) in [5.74, 6) is 0.740. The van der Waals surface area contributed by atoms with Gasteiger partial charge in [0.1, 0.15) is 0 Å². The molecule has 1 unspecified atom stereocenters. The first-order valence-electron chi connectivity index (χ1n) is 6.16. The number of nitrogens with zero attached hydrogens (tertiary/aromatic N) is 1. The third kappa shape index (κ3) is 3.46. The van der Waals surface area contributed by atoms with Crippen molar-refractivity contribution in [3.63, 3.8) is 0 Å². The van der Waals surface area contributed by atoms with Gasteiger partial charge in [0, 0.05) is 19.7 Å². The second-order valence-corrected chi connectivity index (χ2v) is 4.62. The third-order valence-corrected chi connectivity index (χ3v) is 3.37. The zero-order valence-corrected chi connectivity index (χ0v) is 10.6. The molecule has 0 spiro atoms. The van der Waals surface area contributed by atoms with E-state index in [2.05, 4.69) is 6.92 Å². The zero-order valence-electron chi connectivity index (χ0n) is 10.6. The lowest BCUT2D eigenvalue weighted by molar-refractivity contribution is -0.135. The molecule has 1 aliphatic rings. The van der Waals surface area contributed by atoms with Crippen molar-refractivity contribution in [1.82, 2.24) is 4.90 Å². The molecule has 1 aliphatic carbocycles. The summed E-state index contributed by atoms with van der Waals surface area (Å²) in [4.78, 5) is 14.0. The van der Waals surface area contributed by atoms with Crippen LogP contribution in [0.25, 0.3) is 0 Å². The first-order chi connectivity index (χ1) is 7.61. The number of hydrogen-bond acceptors (Lipinski definition) is 3. The quantitative estimate of drug-likeness (QED) is 0.707. The van der Waals surface area contributed by atoms with Crippen LogP contribution in [0.15, 0.2) is 0 Å². The summed E-state index contributed by atoms with van der Waals surface area (Å²) in [6.45, 7) is 5.30. The molecule has 1 fully saturated rings. The van der Waals surface area contributed by atoms with Crippen molar-refractivity contribution in [3.8, 4) is 0 Å². The summed E-state index contributed by atoms with van der Waals surface area (Å²) in [5, 5.41) is 0. The average Bonchev–Trinajstić information content (AvgIpc) is 3.11. The SMILES string of the molecule is CC[C@H](N)C(=O)N(CCOC)C(C)C1CC1. The van der Waals surface area contributed by atoms with E-state index in [4.69, 9.17) is 10.5 Å². The molecule has 0 aromatic heterocycles. The van der Waals surface area contributed by atoms with Crippen molar-refractivity contribution in [2.45, 2.75) is 45.2 Å². The molecule has 0 radical (unpaired) electrons. The maximum atomic E-state index is 12.1. The fourth-order valence-electron chi connectivity index (χ4n) is 1.92. The van der Waals surface area contributed by atoms with Crippen molar-refractivity contribution in [3.05, 3.63) is 0 Å². The highest BCUT2D eigenvalue weighted by molar-refractivity contribution is 5.81. The molecule has 0 saturated heterocycles. The summed E-state index contributed by atoms with van der Waals surface area (Å²) >= 11 is 0. The lowest BCUT2D eigenvalue weighted by Gasteiger charge is -2.31. The summed E-state index contributed by atoms with van der Waals surface area (Å²) in [6.07, 6.45) is 3.16. The lowest BCUT2D eigenvalue weighted by atomic mass is 10.1. The molecule has 2 N–H and O–H groups in total. The molecule has 0 bridgehead atoms. The number of rotatable bonds is 7. The first-order valence-corrected chi connectivity index (χ1v) is 6.16. The minimum Gasteiger partial charge on any atom is -0.383 e. The van der Waals surface area contributed by atoms with E-state index in [1.165, 1.54) is 12.8 Å². The maximum Gasteiger partial charge on any atom is 0.239 e. The van der Waals surface area contributed by atoms with E-state index in [0.29, 0.717) is 31.5 Å². The van der Waals surface area contributed by atoms with Crippen molar-refractivity contribution >= 4 is 5.91 Å². The molecular weight excluding hydrogens is 204 g/mol. The van der Waals surface area contributed by atoms with E-state index >= 15 is 0 Å². The Balaban J connectivity index is 2.57. The largest absolute Gasteiger partial charge is 0.383 e. The molecule has 94 valence electrons. The number of nitrogens with two attached hydrogens (primary N) is 1. The van der Waals surface area contributed by atoms with Gasteiger partial charge in [-0.1, -0.05) is 6.92 Å². The van der Waals surface area contributed by atoms with Gasteiger partial charge in [-0.25, -0.2) is 0 Å². The molecule has 0 aromatic carbocycles. The summed E-state index contributed by atoms with van der Waals surface area (Å²) in [7, 11) is 1.66. The maximum absolute atomic E-state index is 12.1. The van der Waals surface area contributed by atoms with Gasteiger partial charge in [0.15, 0.2) is 0 Å². The molecule has 0 heterocycles. The smallest absolute Gasteiger partial charge is 0.239 e. The van der Waals surface area contributed by atoms with E-state index < -0.39 is 0 Å². The van der Waals surface area contributed by atoms with Crippen molar-refractivity contribution in [2.75, 3.05) is 20.3 Å². The Morgan fingerprint density at radius 1 is 1.56 bits per heavy atom. The number of hydrogen-bond donors (Lipinski definition) is 1. The molecule has 1 amide bonds. The van der Waals surface area contributed by atoms with Crippen LogP contribution in [-0.4, -0.2) is 43.2 Å². The lowest BCUT2D eigenvalue weighted by Crippen LogP contribution is -2.49. The predicted octanol–water partition coefficient (Wildman–Crippen LogP) is 0.997. The minimum atomic E-state index is -0.363. The van der Waals surface area contributed by atoms with Gasteiger partial charge in [0.25, 0.3) is 0 Å². The van der Waals surface area contributed by atoms with Gasteiger partial charge < -0.3 is 15.4 Å². The molecule has 4 nitrogen and oxygen atoms in total. The molecule has 4 heteroatoms. The second-order valence-electron chi connectivity index (χ2n) is 4.62. The highest BCUT2D eigenvalue weighted by atomic mass is 16.5. The van der Waals surface area contributed by atoms with Crippen LogP contribution in [0.5, 0.6) is 0 Å². The van der Waals surface area contributed by atoms with Gasteiger partial charge in [-0.3, -0.25) is 4.79 Å². The van der Waals surface area contributed by atoms with Crippen LogP contribution < -0.4 is 5.73 Å². The number of carbonyl (C=O) groups excluding carboxylic acids is 1. The number of amides is 1. The summed E-state index contributed by atoms with van der Waals surface area (Å²) < 4.78 is 5.05. The van der Waals surface area contributed by atoms with Crippen LogP contribution in [0.2, 0.25) is 0 Å². The molecule has 16 heavy (non-hydrogen) atoms. The zero-order chi connectivity index (χ0) is 12.1. The number of methoxy groups -OCH3 is 1. The first kappa shape index (κ1) is 13.5. The molecule has 2 atom stereocenters. The van der Waals surface area contributed by atoms with E-state index in [9.17, 15) is 4.79 Å². The van der Waals surface area contributed by atoms with Crippen molar-refractivity contribution < 1.29 is 9.53 Å². The van der Waals surface area contributed by atoms with Gasteiger partial charge in [-0.2, -0.15) is 0 Å². The summed E-state index contributed by atoms with van der Waals surface area (Å²) in [6, 6.07) is -0.0571. The second kappa shape index (κ2) is 6.21. The highest BCUT2D eigenvalue weighted by Crippen LogP contribution is 2.35. The molecule has 1 saturated carbocycles. The Kier molecular flexibility index (Phi) is 5.22. The van der Waals surface area contributed by atoms with E-state index in [1.807, 2.05) is 11.8 Å². The van der Waals surface area contributed by atoms with Crippen molar-refractivity contribution in [1.29, 1.82) is 0 Å². The minimum absolute atomic E-state index is 0.0685. The van der Waals surface area contributed by atoms with Crippen LogP contribution in [0, 0.1) is 5.92 Å². The van der Waals surface area contributed by atoms with Gasteiger partial charge in [0.2, 0.25) is 5.91 Å².